The van der Waals surface area contributed by atoms with Gasteiger partial charge in [-0.05, 0) is 87.1 Å². The molecule has 0 unspecified atom stereocenters. The van der Waals surface area contributed by atoms with E-state index in [2.05, 4.69) is 16.0 Å². The van der Waals surface area contributed by atoms with Crippen molar-refractivity contribution in [2.45, 2.75) is 52.1 Å². The van der Waals surface area contributed by atoms with Gasteiger partial charge in [0.1, 0.15) is 11.9 Å². The minimum Gasteiger partial charge on any atom is -0.352 e. The summed E-state index contributed by atoms with van der Waals surface area (Å²) in [6.07, 6.45) is 2.22. The maximum atomic E-state index is 13.2. The highest BCUT2D eigenvalue weighted by atomic mass is 32.1. The molecule has 8 heteroatoms. The number of rotatable bonds is 7. The van der Waals surface area contributed by atoms with Crippen molar-refractivity contribution in [2.24, 2.45) is 5.92 Å². The summed E-state index contributed by atoms with van der Waals surface area (Å²) in [5.74, 6) is -0.700. The van der Waals surface area contributed by atoms with Crippen molar-refractivity contribution in [1.29, 1.82) is 0 Å². The molecule has 0 saturated carbocycles. The van der Waals surface area contributed by atoms with Crippen LogP contribution in [0.4, 0.5) is 10.1 Å². The Morgan fingerprint density at radius 3 is 2.35 bits per heavy atom. The molecular weight excluding hydrogens is 451 g/mol. The number of carbonyl (C=O) groups is 2. The zero-order valence-corrected chi connectivity index (χ0v) is 20.8. The van der Waals surface area contributed by atoms with E-state index in [1.54, 1.807) is 18.2 Å². The Hall–Kier alpha value is -3.00. The molecule has 1 heterocycles. The lowest BCUT2D eigenvalue weighted by molar-refractivity contribution is -0.125. The second-order valence-corrected chi connectivity index (χ2v) is 9.23. The molecule has 182 valence electrons. The SMILES string of the molecule is CC[C@H](C)NC(=O)[C@H](NC(=O)c1ccccc1C)C1CCN(C(=S)Nc2ccc(F)cc2)CC1. The maximum absolute atomic E-state index is 13.2. The second kappa shape index (κ2) is 11.9. The van der Waals surface area contributed by atoms with Gasteiger partial charge in [0, 0.05) is 30.4 Å². The smallest absolute Gasteiger partial charge is 0.252 e. The predicted octanol–water partition coefficient (Wildman–Crippen LogP) is 4.26. The number of piperidine rings is 1. The van der Waals surface area contributed by atoms with Crippen molar-refractivity contribution in [3.63, 3.8) is 0 Å². The highest BCUT2D eigenvalue weighted by molar-refractivity contribution is 7.80. The molecule has 2 aromatic rings. The van der Waals surface area contributed by atoms with E-state index in [9.17, 15) is 14.0 Å². The Labute approximate surface area is 206 Å². The first-order chi connectivity index (χ1) is 16.3. The van der Waals surface area contributed by atoms with Crippen LogP contribution < -0.4 is 16.0 Å². The van der Waals surface area contributed by atoms with E-state index < -0.39 is 6.04 Å². The standard InChI is InChI=1S/C26H33FN4O2S/c1-4-18(3)28-25(33)23(30-24(32)22-8-6-5-7-17(22)2)19-13-15-31(16-14-19)26(34)29-21-11-9-20(27)10-12-21/h5-12,18-19,23H,4,13-16H2,1-3H3,(H,28,33)(H,29,34)(H,30,32)/t18-,23+/m0/s1. The summed E-state index contributed by atoms with van der Waals surface area (Å²) >= 11 is 5.54. The van der Waals surface area contributed by atoms with Crippen LogP contribution in [0.1, 0.15) is 49.0 Å². The third kappa shape index (κ3) is 6.76. The van der Waals surface area contributed by atoms with Gasteiger partial charge in [-0.3, -0.25) is 9.59 Å². The highest BCUT2D eigenvalue weighted by Gasteiger charge is 2.34. The average Bonchev–Trinajstić information content (AvgIpc) is 2.84. The average molecular weight is 485 g/mol. The Bertz CT molecular complexity index is 1010. The van der Waals surface area contributed by atoms with Gasteiger partial charge in [0.15, 0.2) is 5.11 Å². The van der Waals surface area contributed by atoms with E-state index in [-0.39, 0.29) is 29.6 Å². The number of aryl methyl sites for hydroxylation is 1. The number of likely N-dealkylation sites (tertiary alicyclic amines) is 1. The van der Waals surface area contributed by atoms with Gasteiger partial charge in [-0.15, -0.1) is 0 Å². The van der Waals surface area contributed by atoms with Crippen LogP contribution in [-0.2, 0) is 4.79 Å². The van der Waals surface area contributed by atoms with Crippen molar-refractivity contribution >= 4 is 34.8 Å². The van der Waals surface area contributed by atoms with Crippen LogP contribution >= 0.6 is 12.2 Å². The van der Waals surface area contributed by atoms with Gasteiger partial charge >= 0.3 is 0 Å². The van der Waals surface area contributed by atoms with Crippen LogP contribution in [0.5, 0.6) is 0 Å². The molecule has 3 N–H and O–H groups in total. The van der Waals surface area contributed by atoms with Gasteiger partial charge in [0.2, 0.25) is 5.91 Å². The number of benzene rings is 2. The van der Waals surface area contributed by atoms with Crippen molar-refractivity contribution < 1.29 is 14.0 Å². The first kappa shape index (κ1) is 25.6. The number of nitrogens with zero attached hydrogens (tertiary/aromatic N) is 1. The summed E-state index contributed by atoms with van der Waals surface area (Å²) in [6, 6.07) is 12.8. The fraction of sp³-hybridized carbons (Fsp3) is 0.423. The number of carbonyl (C=O) groups excluding carboxylic acids is 2. The maximum Gasteiger partial charge on any atom is 0.252 e. The molecule has 2 atom stereocenters. The summed E-state index contributed by atoms with van der Waals surface area (Å²) < 4.78 is 13.2. The van der Waals surface area contributed by atoms with E-state index in [4.69, 9.17) is 12.2 Å². The quantitative estimate of drug-likeness (QED) is 0.513. The Morgan fingerprint density at radius 2 is 1.74 bits per heavy atom. The lowest BCUT2D eigenvalue weighted by atomic mass is 9.88. The van der Waals surface area contributed by atoms with Gasteiger partial charge in [0.05, 0.1) is 0 Å². The van der Waals surface area contributed by atoms with Gasteiger partial charge in [-0.25, -0.2) is 4.39 Å². The summed E-state index contributed by atoms with van der Waals surface area (Å²) in [7, 11) is 0. The Morgan fingerprint density at radius 1 is 1.09 bits per heavy atom. The fourth-order valence-corrected chi connectivity index (χ4v) is 4.35. The normalized spacial score (nSPS) is 15.8. The molecule has 1 aliphatic heterocycles. The van der Waals surface area contributed by atoms with Gasteiger partial charge in [-0.2, -0.15) is 0 Å². The summed E-state index contributed by atoms with van der Waals surface area (Å²) in [6.45, 7) is 7.17. The minimum atomic E-state index is -0.623. The number of halogens is 1. The monoisotopic (exact) mass is 484 g/mol. The van der Waals surface area contributed by atoms with Gasteiger partial charge in [0.25, 0.3) is 5.91 Å². The van der Waals surface area contributed by atoms with E-state index >= 15 is 0 Å². The van der Waals surface area contributed by atoms with Crippen LogP contribution in [0.15, 0.2) is 48.5 Å². The fourth-order valence-electron chi connectivity index (χ4n) is 4.05. The lowest BCUT2D eigenvalue weighted by Gasteiger charge is -2.37. The molecule has 1 aliphatic rings. The van der Waals surface area contributed by atoms with Crippen LogP contribution in [0.3, 0.4) is 0 Å². The molecule has 6 nitrogen and oxygen atoms in total. The predicted molar refractivity (Wildman–Crippen MR) is 137 cm³/mol. The van der Waals surface area contributed by atoms with Crippen LogP contribution in [0, 0.1) is 18.7 Å². The Kier molecular flexibility index (Phi) is 8.98. The van der Waals surface area contributed by atoms with E-state index in [1.807, 2.05) is 43.9 Å². The van der Waals surface area contributed by atoms with Gasteiger partial charge < -0.3 is 20.9 Å². The molecule has 0 aliphatic carbocycles. The zero-order chi connectivity index (χ0) is 24.7. The van der Waals surface area contributed by atoms with Gasteiger partial charge in [-0.1, -0.05) is 25.1 Å². The summed E-state index contributed by atoms with van der Waals surface area (Å²) in [5.41, 5.74) is 2.17. The summed E-state index contributed by atoms with van der Waals surface area (Å²) in [4.78, 5) is 28.2. The molecule has 1 saturated heterocycles. The molecule has 34 heavy (non-hydrogen) atoms. The number of thiocarbonyl (C=S) groups is 1. The van der Waals surface area contributed by atoms with E-state index in [0.717, 1.165) is 17.7 Å². The zero-order valence-electron chi connectivity index (χ0n) is 19.9. The molecule has 0 spiro atoms. The minimum absolute atomic E-state index is 0.0121. The van der Waals surface area contributed by atoms with Crippen LogP contribution in [0.2, 0.25) is 0 Å². The topological polar surface area (TPSA) is 73.5 Å². The third-order valence-corrected chi connectivity index (χ3v) is 6.71. The number of hydrogen-bond donors (Lipinski definition) is 3. The van der Waals surface area contributed by atoms with Crippen LogP contribution in [-0.4, -0.2) is 47.0 Å². The molecule has 2 amide bonds. The highest BCUT2D eigenvalue weighted by Crippen LogP contribution is 2.23. The molecular formula is C26H33FN4O2S. The van der Waals surface area contributed by atoms with Crippen molar-refractivity contribution in [3.05, 3.63) is 65.5 Å². The molecule has 1 fully saturated rings. The largest absolute Gasteiger partial charge is 0.352 e. The first-order valence-corrected chi connectivity index (χ1v) is 12.2. The first-order valence-electron chi connectivity index (χ1n) is 11.8. The number of amides is 2. The second-order valence-electron chi connectivity index (χ2n) is 8.85. The van der Waals surface area contributed by atoms with Crippen molar-refractivity contribution in [2.75, 3.05) is 18.4 Å². The van der Waals surface area contributed by atoms with E-state index in [0.29, 0.717) is 36.6 Å². The molecule has 0 bridgehead atoms. The molecule has 2 aromatic carbocycles. The number of anilines is 1. The number of nitrogens with one attached hydrogen (secondary N) is 3. The molecule has 0 radical (unpaired) electrons. The van der Waals surface area contributed by atoms with E-state index in [1.165, 1.54) is 12.1 Å². The summed E-state index contributed by atoms with van der Waals surface area (Å²) in [5, 5.41) is 9.75. The number of hydrogen-bond acceptors (Lipinski definition) is 3. The lowest BCUT2D eigenvalue weighted by Crippen LogP contribution is -2.55. The molecule has 0 aromatic heterocycles. The van der Waals surface area contributed by atoms with Crippen LogP contribution in [0.25, 0.3) is 0 Å². The third-order valence-electron chi connectivity index (χ3n) is 6.35. The molecule has 3 rings (SSSR count). The van der Waals surface area contributed by atoms with Crippen molar-refractivity contribution in [3.8, 4) is 0 Å². The van der Waals surface area contributed by atoms with Crippen molar-refractivity contribution in [1.82, 2.24) is 15.5 Å². The Balaban J connectivity index is 1.66.